The summed E-state index contributed by atoms with van der Waals surface area (Å²) in [4.78, 5) is 9.70. The van der Waals surface area contributed by atoms with Crippen molar-refractivity contribution in [1.29, 1.82) is 0 Å². The van der Waals surface area contributed by atoms with Crippen LogP contribution in [0.5, 0.6) is 5.75 Å². The van der Waals surface area contributed by atoms with Crippen molar-refractivity contribution in [2.24, 2.45) is 5.84 Å². The highest BCUT2D eigenvalue weighted by molar-refractivity contribution is 7.99. The molecule has 0 saturated carbocycles. The molecule has 0 aliphatic rings. The van der Waals surface area contributed by atoms with E-state index in [2.05, 4.69) is 15.4 Å². The lowest BCUT2D eigenvalue weighted by Crippen LogP contribution is -2.11. The van der Waals surface area contributed by atoms with E-state index in [0.717, 1.165) is 15.7 Å². The second kappa shape index (κ2) is 7.82. The number of methoxy groups -OCH3 is 1. The second-order valence-corrected chi connectivity index (χ2v) is 5.10. The Morgan fingerprint density at radius 1 is 1.29 bits per heavy atom. The summed E-state index contributed by atoms with van der Waals surface area (Å²) in [5, 5.41) is 0.775. The summed E-state index contributed by atoms with van der Waals surface area (Å²) in [6.07, 6.45) is 0. The third kappa shape index (κ3) is 4.32. The molecule has 0 saturated heterocycles. The van der Waals surface area contributed by atoms with Gasteiger partial charge in [-0.2, -0.15) is 0 Å². The summed E-state index contributed by atoms with van der Waals surface area (Å²) >= 11 is 1.49. The van der Waals surface area contributed by atoms with E-state index < -0.39 is 0 Å². The number of aromatic nitrogens is 2. The van der Waals surface area contributed by atoms with Crippen LogP contribution in [0.4, 0.5) is 5.82 Å². The van der Waals surface area contributed by atoms with Gasteiger partial charge in [-0.25, -0.2) is 15.8 Å². The van der Waals surface area contributed by atoms with Crippen LogP contribution in [0.25, 0.3) is 0 Å². The fraction of sp³-hybridized carbons (Fsp3) is 0.286. The first-order valence-corrected chi connectivity index (χ1v) is 7.31. The van der Waals surface area contributed by atoms with E-state index in [0.29, 0.717) is 24.9 Å². The first kappa shape index (κ1) is 15.6. The minimum absolute atomic E-state index is 0.353. The molecule has 2 aromatic rings. The SMILES string of the molecule is CCOCc1nc(NN)cc(Sc2ccccc2OC)n1. The van der Waals surface area contributed by atoms with Gasteiger partial charge in [0, 0.05) is 12.7 Å². The van der Waals surface area contributed by atoms with Crippen molar-refractivity contribution >= 4 is 17.6 Å². The Hall–Kier alpha value is -1.83. The number of para-hydroxylation sites is 1. The van der Waals surface area contributed by atoms with Crippen LogP contribution in [-0.4, -0.2) is 23.7 Å². The highest BCUT2D eigenvalue weighted by atomic mass is 32.2. The maximum Gasteiger partial charge on any atom is 0.157 e. The zero-order valence-electron chi connectivity index (χ0n) is 12.0. The van der Waals surface area contributed by atoms with Gasteiger partial charge in [0.1, 0.15) is 23.2 Å². The summed E-state index contributed by atoms with van der Waals surface area (Å²) < 4.78 is 10.7. The summed E-state index contributed by atoms with van der Waals surface area (Å²) in [5.41, 5.74) is 2.55. The minimum atomic E-state index is 0.353. The maximum atomic E-state index is 5.45. The molecule has 0 spiro atoms. The highest BCUT2D eigenvalue weighted by Gasteiger charge is 2.09. The van der Waals surface area contributed by atoms with Gasteiger partial charge in [0.25, 0.3) is 0 Å². The molecule has 7 heteroatoms. The molecule has 0 fully saturated rings. The molecule has 2 rings (SSSR count). The largest absolute Gasteiger partial charge is 0.496 e. The van der Waals surface area contributed by atoms with Gasteiger partial charge < -0.3 is 14.9 Å². The van der Waals surface area contributed by atoms with Gasteiger partial charge >= 0.3 is 0 Å². The summed E-state index contributed by atoms with van der Waals surface area (Å²) in [7, 11) is 1.65. The van der Waals surface area contributed by atoms with Gasteiger partial charge in [-0.1, -0.05) is 23.9 Å². The number of nitrogen functional groups attached to an aromatic ring is 1. The number of nitrogens with one attached hydrogen (secondary N) is 1. The average Bonchev–Trinajstić information content (AvgIpc) is 2.53. The molecule has 0 aliphatic heterocycles. The number of hydrogen-bond acceptors (Lipinski definition) is 7. The van der Waals surface area contributed by atoms with Crippen LogP contribution in [0.1, 0.15) is 12.7 Å². The third-order valence-corrected chi connectivity index (χ3v) is 3.59. The summed E-state index contributed by atoms with van der Waals surface area (Å²) in [6, 6.07) is 9.55. The van der Waals surface area contributed by atoms with Gasteiger partial charge in [-0.3, -0.25) is 0 Å². The van der Waals surface area contributed by atoms with Gasteiger partial charge in [0.05, 0.1) is 12.0 Å². The highest BCUT2D eigenvalue weighted by Crippen LogP contribution is 2.34. The van der Waals surface area contributed by atoms with Crippen molar-refractivity contribution in [1.82, 2.24) is 9.97 Å². The zero-order chi connectivity index (χ0) is 15.1. The number of anilines is 1. The van der Waals surface area contributed by atoms with E-state index in [-0.39, 0.29) is 0 Å². The predicted octanol–water partition coefficient (Wildman–Crippen LogP) is 2.46. The van der Waals surface area contributed by atoms with Crippen LogP contribution in [-0.2, 0) is 11.3 Å². The Balaban J connectivity index is 2.25. The molecule has 21 heavy (non-hydrogen) atoms. The number of nitrogens with two attached hydrogens (primary N) is 1. The first-order valence-electron chi connectivity index (χ1n) is 6.50. The predicted molar refractivity (Wildman–Crippen MR) is 82.3 cm³/mol. The smallest absolute Gasteiger partial charge is 0.157 e. The number of rotatable bonds is 7. The molecule has 3 N–H and O–H groups in total. The monoisotopic (exact) mass is 306 g/mol. The van der Waals surface area contributed by atoms with Crippen molar-refractivity contribution in [2.75, 3.05) is 19.1 Å². The number of hydrazine groups is 1. The van der Waals surface area contributed by atoms with Crippen LogP contribution in [0.3, 0.4) is 0 Å². The lowest BCUT2D eigenvalue weighted by molar-refractivity contribution is 0.128. The third-order valence-electron chi connectivity index (χ3n) is 2.62. The Morgan fingerprint density at radius 3 is 2.81 bits per heavy atom. The molecule has 0 aliphatic carbocycles. The molecule has 0 unspecified atom stereocenters. The topological polar surface area (TPSA) is 82.3 Å². The minimum Gasteiger partial charge on any atom is -0.496 e. The Labute approximate surface area is 128 Å². The van der Waals surface area contributed by atoms with E-state index >= 15 is 0 Å². The number of nitrogens with zero attached hydrogens (tertiary/aromatic N) is 2. The standard InChI is InChI=1S/C14H18N4O2S/c1-3-20-9-13-16-12(18-15)8-14(17-13)21-11-7-5-4-6-10(11)19-2/h4-8H,3,9,15H2,1-2H3,(H,16,17,18). The molecular weight excluding hydrogens is 288 g/mol. The molecule has 0 amide bonds. The Kier molecular flexibility index (Phi) is 5.79. The van der Waals surface area contributed by atoms with Crippen molar-refractivity contribution in [3.05, 3.63) is 36.2 Å². The molecule has 112 valence electrons. The normalized spacial score (nSPS) is 10.4. The van der Waals surface area contributed by atoms with E-state index in [1.807, 2.05) is 31.2 Å². The van der Waals surface area contributed by atoms with Crippen molar-refractivity contribution in [2.45, 2.75) is 23.5 Å². The van der Waals surface area contributed by atoms with E-state index in [4.69, 9.17) is 15.3 Å². The molecule has 1 heterocycles. The van der Waals surface area contributed by atoms with Gasteiger partial charge in [0.15, 0.2) is 5.82 Å². The second-order valence-electron chi connectivity index (χ2n) is 4.04. The number of ether oxygens (including phenoxy) is 2. The number of hydrogen-bond donors (Lipinski definition) is 2. The van der Waals surface area contributed by atoms with Crippen molar-refractivity contribution in [3.8, 4) is 5.75 Å². The fourth-order valence-corrected chi connectivity index (χ4v) is 2.62. The molecule has 1 aromatic heterocycles. The summed E-state index contributed by atoms with van der Waals surface area (Å²) in [5.74, 6) is 7.39. The molecule has 0 radical (unpaired) electrons. The van der Waals surface area contributed by atoms with Crippen LogP contribution in [0.2, 0.25) is 0 Å². The van der Waals surface area contributed by atoms with Crippen LogP contribution in [0, 0.1) is 0 Å². The lowest BCUT2D eigenvalue weighted by Gasteiger charge is -2.09. The van der Waals surface area contributed by atoms with Crippen LogP contribution >= 0.6 is 11.8 Å². The van der Waals surface area contributed by atoms with Crippen molar-refractivity contribution in [3.63, 3.8) is 0 Å². The van der Waals surface area contributed by atoms with Crippen molar-refractivity contribution < 1.29 is 9.47 Å². The van der Waals surface area contributed by atoms with E-state index in [1.54, 1.807) is 13.2 Å². The zero-order valence-corrected chi connectivity index (χ0v) is 12.8. The number of benzene rings is 1. The fourth-order valence-electron chi connectivity index (χ4n) is 1.67. The Bertz CT molecular complexity index is 595. The summed E-state index contributed by atoms with van der Waals surface area (Å²) in [6.45, 7) is 2.89. The van der Waals surface area contributed by atoms with E-state index in [9.17, 15) is 0 Å². The van der Waals surface area contributed by atoms with Gasteiger partial charge in [-0.05, 0) is 19.1 Å². The van der Waals surface area contributed by atoms with Gasteiger partial charge in [0.2, 0.25) is 0 Å². The average molecular weight is 306 g/mol. The quantitative estimate of drug-likeness (QED) is 0.462. The maximum absolute atomic E-state index is 5.45. The molecule has 0 atom stereocenters. The van der Waals surface area contributed by atoms with Gasteiger partial charge in [-0.15, -0.1) is 0 Å². The molecule has 1 aromatic carbocycles. The first-order chi connectivity index (χ1) is 10.3. The molecule has 0 bridgehead atoms. The van der Waals surface area contributed by atoms with E-state index in [1.165, 1.54) is 11.8 Å². The van der Waals surface area contributed by atoms with Crippen LogP contribution < -0.4 is 16.0 Å². The lowest BCUT2D eigenvalue weighted by atomic mass is 10.3. The molecular formula is C14H18N4O2S. The molecule has 6 nitrogen and oxygen atoms in total. The van der Waals surface area contributed by atoms with Crippen LogP contribution in [0.15, 0.2) is 40.3 Å². The Morgan fingerprint density at radius 2 is 2.10 bits per heavy atom.